The van der Waals surface area contributed by atoms with Crippen molar-refractivity contribution in [2.24, 2.45) is 5.41 Å². The summed E-state index contributed by atoms with van der Waals surface area (Å²) in [4.78, 5) is 6.91. The molecule has 0 aromatic heterocycles. The van der Waals surface area contributed by atoms with Gasteiger partial charge in [0, 0.05) is 30.7 Å². The van der Waals surface area contributed by atoms with E-state index in [2.05, 4.69) is 77.3 Å². The molecule has 0 bridgehead atoms. The number of hydrogen-bond donors (Lipinski definition) is 1. The fraction of sp³-hybridized carbons (Fsp3) is 0.567. The monoisotopic (exact) mass is 488 g/mol. The van der Waals surface area contributed by atoms with Crippen LogP contribution in [-0.2, 0) is 12.1 Å². The molecule has 1 heterocycles. The maximum absolute atomic E-state index is 11.7. The molecule has 1 N–H and O–H groups in total. The summed E-state index contributed by atoms with van der Waals surface area (Å²) in [6.07, 6.45) is 6.36. The molecule has 0 radical (unpaired) electrons. The van der Waals surface area contributed by atoms with Crippen LogP contribution in [0.25, 0.3) is 0 Å². The third-order valence-corrected chi connectivity index (χ3v) is 9.45. The molecule has 1 unspecified atom stereocenters. The average Bonchev–Trinajstić information content (AvgIpc) is 3.12. The van der Waals surface area contributed by atoms with Crippen LogP contribution in [0.3, 0.4) is 0 Å². The lowest BCUT2D eigenvalue weighted by atomic mass is 9.66. The highest BCUT2D eigenvalue weighted by molar-refractivity contribution is 5.29. The summed E-state index contributed by atoms with van der Waals surface area (Å²) in [7, 11) is 6.07. The Morgan fingerprint density at radius 1 is 1.00 bits per heavy atom. The minimum Gasteiger partial charge on any atom is -0.497 e. The van der Waals surface area contributed by atoms with Crippen LogP contribution in [0.2, 0.25) is 0 Å². The third-order valence-electron chi connectivity index (χ3n) is 9.45. The Labute approximate surface area is 216 Å². The smallest absolute Gasteiger partial charge is 0.166 e. The van der Waals surface area contributed by atoms with Crippen LogP contribution in [0, 0.1) is 16.7 Å². The molecular formula is C30H40N4O2. The van der Waals surface area contributed by atoms with Gasteiger partial charge in [-0.25, -0.2) is 0 Å². The van der Waals surface area contributed by atoms with Gasteiger partial charge in [0.15, 0.2) is 6.35 Å². The van der Waals surface area contributed by atoms with Gasteiger partial charge in [0.2, 0.25) is 0 Å². The summed E-state index contributed by atoms with van der Waals surface area (Å²) >= 11 is 0. The molecule has 192 valence electrons. The second kappa shape index (κ2) is 9.79. The van der Waals surface area contributed by atoms with Crippen LogP contribution in [0.15, 0.2) is 54.6 Å². The molecule has 36 heavy (non-hydrogen) atoms. The minimum atomic E-state index is -0.679. The first-order chi connectivity index (χ1) is 17.4. The molecular weight excluding hydrogens is 448 g/mol. The second-order valence-corrected chi connectivity index (χ2v) is 11.5. The van der Waals surface area contributed by atoms with Crippen molar-refractivity contribution in [1.82, 2.24) is 14.7 Å². The molecule has 5 rings (SSSR count). The maximum Gasteiger partial charge on any atom is 0.166 e. The quantitative estimate of drug-likeness (QED) is 0.617. The van der Waals surface area contributed by atoms with E-state index in [-0.39, 0.29) is 16.5 Å². The number of aliphatic hydroxyl groups excluding tert-OH is 1. The van der Waals surface area contributed by atoms with Gasteiger partial charge < -0.3 is 9.84 Å². The normalized spacial score (nSPS) is 30.3. The number of methoxy groups -OCH3 is 1. The number of ether oxygens (including phenoxy) is 1. The zero-order valence-corrected chi connectivity index (χ0v) is 22.0. The highest BCUT2D eigenvalue weighted by Crippen LogP contribution is 2.52. The SMILES string of the molecule is COc1ccc(CN2CC3(CCC(c4ccccc4)(N(C)C)CC3)N(CC3(C#N)CCC3)C2O)cc1. The molecule has 2 saturated carbocycles. The molecule has 1 atom stereocenters. The summed E-state index contributed by atoms with van der Waals surface area (Å²) < 4.78 is 5.32. The van der Waals surface area contributed by atoms with Gasteiger partial charge in [0.1, 0.15) is 5.75 Å². The Morgan fingerprint density at radius 3 is 2.19 bits per heavy atom. The lowest BCUT2D eigenvalue weighted by Crippen LogP contribution is -2.58. The molecule has 0 amide bonds. The fourth-order valence-corrected chi connectivity index (χ4v) is 6.90. The predicted molar refractivity (Wildman–Crippen MR) is 141 cm³/mol. The van der Waals surface area contributed by atoms with Gasteiger partial charge in [-0.3, -0.25) is 14.7 Å². The molecule has 1 saturated heterocycles. The second-order valence-electron chi connectivity index (χ2n) is 11.5. The third kappa shape index (κ3) is 4.33. The van der Waals surface area contributed by atoms with E-state index in [0.717, 1.165) is 62.8 Å². The summed E-state index contributed by atoms with van der Waals surface area (Å²) in [6, 6.07) is 21.6. The highest BCUT2D eigenvalue weighted by Gasteiger charge is 2.56. The molecule has 6 nitrogen and oxygen atoms in total. The average molecular weight is 489 g/mol. The number of benzene rings is 2. The Kier molecular flexibility index (Phi) is 6.86. The van der Waals surface area contributed by atoms with E-state index in [1.54, 1.807) is 7.11 Å². The first-order valence-electron chi connectivity index (χ1n) is 13.3. The zero-order chi connectivity index (χ0) is 25.4. The molecule has 3 fully saturated rings. The summed E-state index contributed by atoms with van der Waals surface area (Å²) in [6.45, 7) is 2.16. The van der Waals surface area contributed by atoms with Gasteiger partial charge >= 0.3 is 0 Å². The molecule has 3 aliphatic rings. The highest BCUT2D eigenvalue weighted by atomic mass is 16.5. The number of hydrogen-bond acceptors (Lipinski definition) is 6. The van der Waals surface area contributed by atoms with Crippen molar-refractivity contribution in [1.29, 1.82) is 5.26 Å². The van der Waals surface area contributed by atoms with Gasteiger partial charge in [0.05, 0.1) is 18.6 Å². The van der Waals surface area contributed by atoms with Gasteiger partial charge in [-0.05, 0) is 75.9 Å². The van der Waals surface area contributed by atoms with Crippen molar-refractivity contribution >= 4 is 0 Å². The Bertz CT molecular complexity index is 1070. The van der Waals surface area contributed by atoms with Crippen LogP contribution < -0.4 is 4.74 Å². The summed E-state index contributed by atoms with van der Waals surface area (Å²) in [5, 5.41) is 21.7. The molecule has 1 aliphatic heterocycles. The minimum absolute atomic E-state index is 0.00405. The Hall–Kier alpha value is -2.43. The standard InChI is InChI=1S/C30H40N4O2/c1-32(2)30(25-8-5-4-6-9-25)18-16-29(17-19-30)23-33(20-24-10-12-26(36-3)13-11-24)27(35)34(29)22-28(21-31)14-7-15-28/h4-6,8-13,27,35H,7,14-20,22-23H2,1-3H3. The van der Waals surface area contributed by atoms with Crippen molar-refractivity contribution in [3.63, 3.8) is 0 Å². The van der Waals surface area contributed by atoms with Crippen LogP contribution in [0.5, 0.6) is 5.75 Å². The Balaban J connectivity index is 1.42. The van der Waals surface area contributed by atoms with Gasteiger partial charge in [-0.15, -0.1) is 0 Å². The number of rotatable bonds is 7. The molecule has 2 aromatic carbocycles. The molecule has 6 heteroatoms. The maximum atomic E-state index is 11.7. The summed E-state index contributed by atoms with van der Waals surface area (Å²) in [5.41, 5.74) is 2.08. The van der Waals surface area contributed by atoms with E-state index in [9.17, 15) is 10.4 Å². The topological polar surface area (TPSA) is 63.0 Å². The van der Waals surface area contributed by atoms with E-state index in [0.29, 0.717) is 13.1 Å². The lowest BCUT2D eigenvalue weighted by molar-refractivity contribution is -0.111. The molecule has 1 spiro atoms. The number of nitriles is 1. The Morgan fingerprint density at radius 2 is 1.67 bits per heavy atom. The number of aliphatic hydroxyl groups is 1. The van der Waals surface area contributed by atoms with E-state index in [1.807, 2.05) is 12.1 Å². The van der Waals surface area contributed by atoms with Crippen molar-refractivity contribution < 1.29 is 9.84 Å². The zero-order valence-electron chi connectivity index (χ0n) is 22.0. The van der Waals surface area contributed by atoms with Crippen molar-refractivity contribution in [3.05, 3.63) is 65.7 Å². The van der Waals surface area contributed by atoms with Gasteiger partial charge in [-0.2, -0.15) is 5.26 Å². The first kappa shape index (κ1) is 25.2. The fourth-order valence-electron chi connectivity index (χ4n) is 6.90. The van der Waals surface area contributed by atoms with Crippen LogP contribution in [0.1, 0.15) is 56.1 Å². The van der Waals surface area contributed by atoms with E-state index >= 15 is 0 Å². The summed E-state index contributed by atoms with van der Waals surface area (Å²) in [5.74, 6) is 0.841. The van der Waals surface area contributed by atoms with Crippen molar-refractivity contribution in [2.45, 2.75) is 68.9 Å². The van der Waals surface area contributed by atoms with E-state index < -0.39 is 6.35 Å². The molecule has 2 aromatic rings. The van der Waals surface area contributed by atoms with Crippen molar-refractivity contribution in [2.75, 3.05) is 34.3 Å². The largest absolute Gasteiger partial charge is 0.497 e. The first-order valence-corrected chi connectivity index (χ1v) is 13.3. The van der Waals surface area contributed by atoms with E-state index in [1.165, 1.54) is 5.56 Å². The van der Waals surface area contributed by atoms with Crippen LogP contribution in [0.4, 0.5) is 0 Å². The van der Waals surface area contributed by atoms with Gasteiger partial charge in [0.25, 0.3) is 0 Å². The van der Waals surface area contributed by atoms with Gasteiger partial charge in [-0.1, -0.05) is 48.9 Å². The van der Waals surface area contributed by atoms with Crippen LogP contribution in [-0.4, -0.2) is 66.0 Å². The van der Waals surface area contributed by atoms with Crippen LogP contribution >= 0.6 is 0 Å². The number of nitrogens with zero attached hydrogens (tertiary/aromatic N) is 4. The molecule has 2 aliphatic carbocycles. The van der Waals surface area contributed by atoms with E-state index in [4.69, 9.17) is 4.74 Å². The lowest BCUT2D eigenvalue weighted by Gasteiger charge is -2.53. The predicted octanol–water partition coefficient (Wildman–Crippen LogP) is 4.55. The van der Waals surface area contributed by atoms with Crippen molar-refractivity contribution in [3.8, 4) is 11.8 Å².